The number of carbonyl (C=O) groups is 2. The number of hydrogen-bond donors (Lipinski definition) is 1. The third-order valence-electron chi connectivity index (χ3n) is 5.23. The molecule has 2 heterocycles. The van der Waals surface area contributed by atoms with Crippen molar-refractivity contribution in [2.24, 2.45) is 0 Å². The highest BCUT2D eigenvalue weighted by molar-refractivity contribution is 6.51. The summed E-state index contributed by atoms with van der Waals surface area (Å²) in [4.78, 5) is 27.3. The summed E-state index contributed by atoms with van der Waals surface area (Å²) in [5.41, 5.74) is 0.492. The number of aliphatic hydroxyl groups excluding tert-OH is 1. The Balaban J connectivity index is 1.93. The van der Waals surface area contributed by atoms with Gasteiger partial charge in [0.2, 0.25) is 0 Å². The molecular formula is C24H21FN2O6. The predicted molar refractivity (Wildman–Crippen MR) is 117 cm³/mol. The lowest BCUT2D eigenvalue weighted by Gasteiger charge is -2.23. The molecule has 0 saturated carbocycles. The smallest absolute Gasteiger partial charge is 0.301 e. The van der Waals surface area contributed by atoms with Gasteiger partial charge < -0.3 is 19.1 Å². The molecule has 3 aromatic rings. The Morgan fingerprint density at radius 1 is 1.15 bits per heavy atom. The Labute approximate surface area is 188 Å². The van der Waals surface area contributed by atoms with E-state index >= 15 is 0 Å². The van der Waals surface area contributed by atoms with Crippen LogP contribution in [0.2, 0.25) is 0 Å². The number of benzene rings is 2. The summed E-state index contributed by atoms with van der Waals surface area (Å²) in [6.45, 7) is 3.90. The second kappa shape index (κ2) is 8.78. The van der Waals surface area contributed by atoms with Crippen LogP contribution in [0.15, 0.2) is 58.6 Å². The molecule has 1 saturated heterocycles. The number of hydrogen-bond acceptors (Lipinski definition) is 7. The normalized spacial score (nSPS) is 17.5. The molecular weight excluding hydrogens is 431 g/mol. The second-order valence-corrected chi connectivity index (χ2v) is 7.32. The van der Waals surface area contributed by atoms with E-state index in [1.165, 1.54) is 25.3 Å². The molecule has 4 rings (SSSR count). The first-order valence-electron chi connectivity index (χ1n) is 10.2. The number of aryl methyl sites for hydroxylation is 1. The Hall–Kier alpha value is -4.14. The van der Waals surface area contributed by atoms with Crippen LogP contribution in [0.1, 0.15) is 29.9 Å². The van der Waals surface area contributed by atoms with Crippen LogP contribution in [0.4, 0.5) is 10.2 Å². The monoisotopic (exact) mass is 452 g/mol. The van der Waals surface area contributed by atoms with E-state index in [1.54, 1.807) is 25.1 Å². The summed E-state index contributed by atoms with van der Waals surface area (Å²) in [7, 11) is 1.47. The molecule has 1 fully saturated rings. The number of methoxy groups -OCH3 is 1. The third kappa shape index (κ3) is 3.93. The first-order valence-corrected chi connectivity index (χ1v) is 10.2. The van der Waals surface area contributed by atoms with Gasteiger partial charge in [0, 0.05) is 11.6 Å². The molecule has 1 aliphatic rings. The summed E-state index contributed by atoms with van der Waals surface area (Å²) >= 11 is 0. The van der Waals surface area contributed by atoms with Gasteiger partial charge >= 0.3 is 5.91 Å². The number of halogens is 1. The number of anilines is 1. The molecule has 1 aliphatic heterocycles. The predicted octanol–water partition coefficient (Wildman–Crippen LogP) is 4.16. The minimum absolute atomic E-state index is 0.116. The van der Waals surface area contributed by atoms with Gasteiger partial charge in [0.25, 0.3) is 5.78 Å². The van der Waals surface area contributed by atoms with E-state index in [9.17, 15) is 19.1 Å². The van der Waals surface area contributed by atoms with Gasteiger partial charge in [-0.2, -0.15) is 0 Å². The van der Waals surface area contributed by atoms with Gasteiger partial charge in [0.15, 0.2) is 17.3 Å². The molecule has 9 heteroatoms. The lowest BCUT2D eigenvalue weighted by atomic mass is 9.95. The number of ketones is 1. The maximum absolute atomic E-state index is 13.4. The van der Waals surface area contributed by atoms with Crippen molar-refractivity contribution in [3.8, 4) is 11.5 Å². The zero-order valence-corrected chi connectivity index (χ0v) is 18.2. The molecule has 1 amide bonds. The van der Waals surface area contributed by atoms with Crippen LogP contribution in [0, 0.1) is 12.7 Å². The molecule has 2 aromatic carbocycles. The summed E-state index contributed by atoms with van der Waals surface area (Å²) < 4.78 is 29.5. The van der Waals surface area contributed by atoms with Crippen molar-refractivity contribution in [3.63, 3.8) is 0 Å². The lowest BCUT2D eigenvalue weighted by molar-refractivity contribution is -0.132. The minimum Gasteiger partial charge on any atom is -0.507 e. The quantitative estimate of drug-likeness (QED) is 0.340. The molecule has 0 aliphatic carbocycles. The molecule has 0 bridgehead atoms. The molecule has 0 unspecified atom stereocenters. The number of rotatable bonds is 6. The van der Waals surface area contributed by atoms with E-state index in [-0.39, 0.29) is 17.0 Å². The van der Waals surface area contributed by atoms with Crippen LogP contribution in [0.5, 0.6) is 11.5 Å². The number of aliphatic hydroxyl groups is 1. The summed E-state index contributed by atoms with van der Waals surface area (Å²) in [6.07, 6.45) is 0. The molecule has 1 N–H and O–H groups in total. The van der Waals surface area contributed by atoms with Gasteiger partial charge in [0.05, 0.1) is 25.3 Å². The number of nitrogens with zero attached hydrogens (tertiary/aromatic N) is 2. The average Bonchev–Trinajstić information content (AvgIpc) is 3.35. The maximum atomic E-state index is 13.4. The Bertz CT molecular complexity index is 1250. The zero-order valence-electron chi connectivity index (χ0n) is 18.2. The second-order valence-electron chi connectivity index (χ2n) is 7.32. The van der Waals surface area contributed by atoms with E-state index in [2.05, 4.69) is 5.16 Å². The zero-order chi connectivity index (χ0) is 23.7. The van der Waals surface area contributed by atoms with Gasteiger partial charge in [-0.1, -0.05) is 11.2 Å². The number of ether oxygens (including phenoxy) is 2. The number of carbonyl (C=O) groups excluding carboxylic acids is 2. The topological polar surface area (TPSA) is 102 Å². The van der Waals surface area contributed by atoms with E-state index < -0.39 is 29.3 Å². The van der Waals surface area contributed by atoms with Crippen molar-refractivity contribution in [2.75, 3.05) is 18.6 Å². The van der Waals surface area contributed by atoms with Crippen molar-refractivity contribution in [3.05, 3.63) is 76.8 Å². The van der Waals surface area contributed by atoms with E-state index in [0.29, 0.717) is 29.4 Å². The van der Waals surface area contributed by atoms with Crippen molar-refractivity contribution in [2.45, 2.75) is 19.9 Å². The van der Waals surface area contributed by atoms with Crippen LogP contribution >= 0.6 is 0 Å². The highest BCUT2D eigenvalue weighted by Crippen LogP contribution is 2.43. The fourth-order valence-electron chi connectivity index (χ4n) is 3.74. The molecule has 1 aromatic heterocycles. The van der Waals surface area contributed by atoms with Crippen LogP contribution in [-0.2, 0) is 9.59 Å². The summed E-state index contributed by atoms with van der Waals surface area (Å²) in [6, 6.07) is 10.4. The van der Waals surface area contributed by atoms with Crippen LogP contribution in [0.3, 0.4) is 0 Å². The molecule has 33 heavy (non-hydrogen) atoms. The molecule has 8 nitrogen and oxygen atoms in total. The Kier molecular flexibility index (Phi) is 5.87. The van der Waals surface area contributed by atoms with Gasteiger partial charge in [-0.15, -0.1) is 0 Å². The summed E-state index contributed by atoms with van der Waals surface area (Å²) in [5.74, 6) is -1.31. The van der Waals surface area contributed by atoms with Gasteiger partial charge in [-0.25, -0.2) is 4.39 Å². The average molecular weight is 452 g/mol. The van der Waals surface area contributed by atoms with Crippen molar-refractivity contribution in [1.82, 2.24) is 5.16 Å². The first-order chi connectivity index (χ1) is 15.8. The van der Waals surface area contributed by atoms with Crippen LogP contribution in [-0.4, -0.2) is 35.7 Å². The highest BCUT2D eigenvalue weighted by atomic mass is 19.1. The van der Waals surface area contributed by atoms with Crippen LogP contribution < -0.4 is 14.4 Å². The maximum Gasteiger partial charge on any atom is 0.301 e. The third-order valence-corrected chi connectivity index (χ3v) is 5.23. The molecule has 1 atom stereocenters. The highest BCUT2D eigenvalue weighted by Gasteiger charge is 2.48. The van der Waals surface area contributed by atoms with Crippen molar-refractivity contribution >= 4 is 23.3 Å². The molecule has 0 spiro atoms. The summed E-state index contributed by atoms with van der Waals surface area (Å²) in [5, 5.41) is 14.9. The van der Waals surface area contributed by atoms with Gasteiger partial charge in [-0.3, -0.25) is 14.5 Å². The van der Waals surface area contributed by atoms with E-state index in [0.717, 1.165) is 17.0 Å². The number of amides is 1. The van der Waals surface area contributed by atoms with Crippen molar-refractivity contribution in [1.29, 1.82) is 0 Å². The molecule has 0 radical (unpaired) electrons. The first kappa shape index (κ1) is 22.1. The fourth-order valence-corrected chi connectivity index (χ4v) is 3.74. The number of Topliss-reactive ketones (excluding diaryl/α,β-unsaturated/α-hetero) is 1. The van der Waals surface area contributed by atoms with E-state index in [1.807, 2.05) is 6.92 Å². The lowest BCUT2D eigenvalue weighted by Crippen LogP contribution is -2.29. The Morgan fingerprint density at radius 3 is 2.48 bits per heavy atom. The molecule has 170 valence electrons. The largest absolute Gasteiger partial charge is 0.507 e. The van der Waals surface area contributed by atoms with Crippen LogP contribution in [0.25, 0.3) is 5.76 Å². The van der Waals surface area contributed by atoms with Gasteiger partial charge in [0.1, 0.15) is 17.3 Å². The minimum atomic E-state index is -1.04. The SMILES string of the molecule is CCOc1ccc([C@H]2/C(=C(\O)c3ccc(F)cc3)C(=O)C(=O)N2c2cc(C)on2)cc1OC. The van der Waals surface area contributed by atoms with E-state index in [4.69, 9.17) is 14.0 Å². The standard InChI is InChI=1S/C24H21FN2O6/c1-4-32-17-10-7-15(12-18(17)31-3)21-20(22(28)14-5-8-16(25)9-6-14)23(29)24(30)27(21)19-11-13(2)33-26-19/h5-12,21,28H,4H2,1-3H3/b22-20+/t21-/m0/s1. The van der Waals surface area contributed by atoms with Gasteiger partial charge in [-0.05, 0) is 55.8 Å². The fraction of sp³-hybridized carbons (Fsp3) is 0.208. The number of aromatic nitrogens is 1. The Morgan fingerprint density at radius 2 is 1.88 bits per heavy atom. The van der Waals surface area contributed by atoms with Crippen molar-refractivity contribution < 1.29 is 33.1 Å².